The molecule has 0 radical (unpaired) electrons. The summed E-state index contributed by atoms with van der Waals surface area (Å²) in [5.41, 5.74) is 14.1. The summed E-state index contributed by atoms with van der Waals surface area (Å²) in [6.45, 7) is 24.0. The fraction of sp³-hybridized carbons (Fsp3) is 0.547. The van der Waals surface area contributed by atoms with Gasteiger partial charge in [-0.2, -0.15) is 0 Å². The number of benzene rings is 1. The maximum absolute atomic E-state index is 10.5. The fourth-order valence-corrected chi connectivity index (χ4v) is 6.80. The Morgan fingerprint density at radius 1 is 0.386 bits per heavy atom. The van der Waals surface area contributed by atoms with E-state index in [4.69, 9.17) is 4.74 Å². The third kappa shape index (κ3) is 23.2. The number of methoxy groups -OCH3 is 1. The molecule has 4 heteroatoms. The molecule has 57 heavy (non-hydrogen) atoms. The molecule has 0 unspecified atom stereocenters. The fourth-order valence-electron chi connectivity index (χ4n) is 6.80. The van der Waals surface area contributed by atoms with Gasteiger partial charge in [0.05, 0.1) is 7.11 Å². The first kappa shape index (κ1) is 51.1. The summed E-state index contributed by atoms with van der Waals surface area (Å²) in [5, 5.41) is 30.8. The second kappa shape index (κ2) is 29.3. The topological polar surface area (TPSA) is 69.9 Å². The molecule has 0 atom stereocenters. The van der Waals surface area contributed by atoms with Crippen molar-refractivity contribution in [2.45, 2.75) is 185 Å². The molecule has 1 rings (SSSR count). The Labute approximate surface area is 350 Å². The molecule has 4 nitrogen and oxygen atoms in total. The van der Waals surface area contributed by atoms with Crippen LogP contribution in [0.15, 0.2) is 105 Å². The van der Waals surface area contributed by atoms with Gasteiger partial charge in [0.25, 0.3) is 0 Å². The number of phenols is 3. The van der Waals surface area contributed by atoms with Crippen molar-refractivity contribution in [1.82, 2.24) is 0 Å². The van der Waals surface area contributed by atoms with Gasteiger partial charge in [-0.3, -0.25) is 0 Å². The number of ether oxygens (including phenoxy) is 1. The average molecular weight is 783 g/mol. The molecule has 0 aromatic heterocycles. The molecule has 0 aliphatic carbocycles. The summed E-state index contributed by atoms with van der Waals surface area (Å²) in [6.07, 6.45) is 39.6. The monoisotopic (exact) mass is 783 g/mol. The summed E-state index contributed by atoms with van der Waals surface area (Å²) in [4.78, 5) is 0. The van der Waals surface area contributed by atoms with Crippen molar-refractivity contribution in [2.24, 2.45) is 0 Å². The van der Waals surface area contributed by atoms with Crippen LogP contribution in [0.3, 0.4) is 0 Å². The summed E-state index contributed by atoms with van der Waals surface area (Å²) >= 11 is 0. The molecule has 0 heterocycles. The molecular weight excluding hydrogens is 701 g/mol. The van der Waals surface area contributed by atoms with Crippen LogP contribution in [-0.4, -0.2) is 22.4 Å². The highest BCUT2D eigenvalue weighted by Gasteiger charge is 2.21. The van der Waals surface area contributed by atoms with Crippen LogP contribution in [0.2, 0.25) is 0 Å². The molecule has 0 amide bonds. The Hall–Kier alpha value is -3.92. The smallest absolute Gasteiger partial charge is 0.207 e. The van der Waals surface area contributed by atoms with Gasteiger partial charge in [0.15, 0.2) is 11.5 Å². The standard InChI is InChI=1S/C53H82O4/c1-39(2)21-13-22-40(3)23-14-24-41(4)25-15-26-42(5)27-16-28-43(6)29-17-30-44(7)31-18-32-45(8)33-19-34-46(9)35-20-36-47(10)37-38-49-48(11)50(54)52(56)53(57-12)51(49)55/h21,23,25,27,29,31,33,35,37,54-56H,13-20,22,24,26,28,30,32,34,36,38H2,1-12H3. The summed E-state index contributed by atoms with van der Waals surface area (Å²) in [7, 11) is 1.36. The van der Waals surface area contributed by atoms with Crippen LogP contribution in [0.4, 0.5) is 0 Å². The molecule has 1 aromatic carbocycles. The molecule has 0 fully saturated rings. The van der Waals surface area contributed by atoms with Crippen molar-refractivity contribution >= 4 is 0 Å². The van der Waals surface area contributed by atoms with Gasteiger partial charge in [-0.1, -0.05) is 105 Å². The maximum Gasteiger partial charge on any atom is 0.207 e. The Bertz CT molecular complexity index is 1660. The van der Waals surface area contributed by atoms with Gasteiger partial charge >= 0.3 is 0 Å². The zero-order valence-electron chi connectivity index (χ0n) is 38.5. The predicted molar refractivity (Wildman–Crippen MR) is 250 cm³/mol. The molecule has 0 aliphatic heterocycles. The lowest BCUT2D eigenvalue weighted by Gasteiger charge is -2.15. The number of phenolic OH excluding ortho intramolecular Hbond substituents is 3. The van der Waals surface area contributed by atoms with Crippen molar-refractivity contribution in [1.29, 1.82) is 0 Å². The summed E-state index contributed by atoms with van der Waals surface area (Å²) in [6, 6.07) is 0. The zero-order valence-corrected chi connectivity index (χ0v) is 38.5. The quantitative estimate of drug-likeness (QED) is 0.0472. The van der Waals surface area contributed by atoms with Crippen molar-refractivity contribution in [2.75, 3.05) is 7.11 Å². The second-order valence-corrected chi connectivity index (χ2v) is 16.9. The molecule has 0 saturated heterocycles. The Balaban J connectivity index is 2.32. The number of hydrogen-bond donors (Lipinski definition) is 3. The van der Waals surface area contributed by atoms with E-state index < -0.39 is 5.75 Å². The largest absolute Gasteiger partial charge is 0.504 e. The molecule has 0 saturated carbocycles. The molecule has 3 N–H and O–H groups in total. The first-order chi connectivity index (χ1) is 27.0. The first-order valence-electron chi connectivity index (χ1n) is 21.7. The molecule has 0 bridgehead atoms. The van der Waals surface area contributed by atoms with Crippen molar-refractivity contribution in [3.63, 3.8) is 0 Å². The van der Waals surface area contributed by atoms with Crippen LogP contribution in [0.1, 0.15) is 183 Å². The van der Waals surface area contributed by atoms with Gasteiger partial charge in [-0.05, 0) is 185 Å². The van der Waals surface area contributed by atoms with E-state index in [0.717, 1.165) is 89.9 Å². The van der Waals surface area contributed by atoms with E-state index in [0.29, 0.717) is 17.5 Å². The van der Waals surface area contributed by atoms with E-state index in [-0.39, 0.29) is 17.2 Å². The minimum Gasteiger partial charge on any atom is -0.504 e. The Morgan fingerprint density at radius 2 is 0.649 bits per heavy atom. The number of aromatic hydroxyl groups is 3. The van der Waals surface area contributed by atoms with Crippen LogP contribution in [0.5, 0.6) is 23.0 Å². The average Bonchev–Trinajstić information content (AvgIpc) is 3.14. The lowest BCUT2D eigenvalue weighted by Crippen LogP contribution is -1.95. The molecule has 0 aliphatic rings. The molecular formula is C53H82O4. The van der Waals surface area contributed by atoms with Crippen molar-refractivity contribution in [3.8, 4) is 23.0 Å². The Kier molecular flexibility index (Phi) is 26.3. The highest BCUT2D eigenvalue weighted by Crippen LogP contribution is 2.47. The van der Waals surface area contributed by atoms with Crippen molar-refractivity contribution in [3.05, 3.63) is 116 Å². The van der Waals surface area contributed by atoms with Gasteiger partial charge in [-0.15, -0.1) is 0 Å². The van der Waals surface area contributed by atoms with Gasteiger partial charge in [0.2, 0.25) is 11.5 Å². The van der Waals surface area contributed by atoms with Crippen LogP contribution in [0, 0.1) is 6.92 Å². The van der Waals surface area contributed by atoms with Crippen LogP contribution in [-0.2, 0) is 6.42 Å². The lowest BCUT2D eigenvalue weighted by atomic mass is 9.99. The zero-order chi connectivity index (χ0) is 42.8. The predicted octanol–water partition coefficient (Wildman–Crippen LogP) is 16.4. The molecule has 1 aromatic rings. The van der Waals surface area contributed by atoms with Gasteiger partial charge in [0.1, 0.15) is 0 Å². The third-order valence-corrected chi connectivity index (χ3v) is 10.9. The van der Waals surface area contributed by atoms with E-state index in [1.807, 2.05) is 0 Å². The second-order valence-electron chi connectivity index (χ2n) is 16.9. The minimum atomic E-state index is -0.426. The number of allylic oxidation sites excluding steroid dienone is 18. The summed E-state index contributed by atoms with van der Waals surface area (Å²) < 4.78 is 5.08. The highest BCUT2D eigenvalue weighted by atomic mass is 16.5. The molecule has 0 spiro atoms. The van der Waals surface area contributed by atoms with Crippen molar-refractivity contribution < 1.29 is 20.1 Å². The van der Waals surface area contributed by atoms with Crippen LogP contribution < -0.4 is 4.74 Å². The third-order valence-electron chi connectivity index (χ3n) is 10.9. The SMILES string of the molecule is COc1c(O)c(O)c(C)c(CC=C(C)CCC=C(C)CCC=C(C)CCC=C(C)CCC=C(C)CCC=C(C)CCC=C(C)CCC=C(C)CCC=C(C)C)c1O. The van der Waals surface area contributed by atoms with E-state index in [9.17, 15) is 15.3 Å². The van der Waals surface area contributed by atoms with E-state index >= 15 is 0 Å². The Morgan fingerprint density at radius 3 is 0.912 bits per heavy atom. The van der Waals surface area contributed by atoms with Gasteiger partial charge in [-0.25, -0.2) is 0 Å². The maximum atomic E-state index is 10.5. The van der Waals surface area contributed by atoms with Gasteiger partial charge < -0.3 is 20.1 Å². The number of rotatable bonds is 27. The first-order valence-corrected chi connectivity index (χ1v) is 21.7. The lowest BCUT2D eigenvalue weighted by molar-refractivity contribution is 0.326. The molecule has 318 valence electrons. The minimum absolute atomic E-state index is 0.0899. The van der Waals surface area contributed by atoms with Crippen LogP contribution >= 0.6 is 0 Å². The highest BCUT2D eigenvalue weighted by molar-refractivity contribution is 5.65. The van der Waals surface area contributed by atoms with Gasteiger partial charge in [0, 0.05) is 11.1 Å². The van der Waals surface area contributed by atoms with Crippen LogP contribution in [0.25, 0.3) is 0 Å². The number of hydrogen-bond acceptors (Lipinski definition) is 4. The van der Waals surface area contributed by atoms with E-state index in [1.165, 1.54) is 70.1 Å². The summed E-state index contributed by atoms with van der Waals surface area (Å²) in [5.74, 6) is -0.889. The normalized spacial score (nSPS) is 14.1. The van der Waals surface area contributed by atoms with E-state index in [1.54, 1.807) is 6.92 Å². The van der Waals surface area contributed by atoms with E-state index in [2.05, 4.69) is 124 Å².